The molecular weight excluding hydrogens is 245 g/mol. The summed E-state index contributed by atoms with van der Waals surface area (Å²) in [6.45, 7) is 1.25. The van der Waals surface area contributed by atoms with Gasteiger partial charge in [0.15, 0.2) is 0 Å². The van der Waals surface area contributed by atoms with E-state index >= 15 is 0 Å². The zero-order valence-corrected chi connectivity index (χ0v) is 11.4. The summed E-state index contributed by atoms with van der Waals surface area (Å²) in [7, 11) is 3.43. The van der Waals surface area contributed by atoms with Crippen molar-refractivity contribution >= 4 is 11.6 Å². The highest BCUT2D eigenvalue weighted by Gasteiger charge is 2.31. The minimum absolute atomic E-state index is 0.00262. The van der Waals surface area contributed by atoms with E-state index in [1.165, 1.54) is 6.07 Å². The number of anilines is 1. The summed E-state index contributed by atoms with van der Waals surface area (Å²) in [6, 6.07) is 4.85. The molecule has 0 aliphatic carbocycles. The van der Waals surface area contributed by atoms with Gasteiger partial charge in [-0.25, -0.2) is 4.39 Å². The van der Waals surface area contributed by atoms with Gasteiger partial charge in [0.2, 0.25) is 5.91 Å². The van der Waals surface area contributed by atoms with Crippen molar-refractivity contribution in [3.8, 4) is 0 Å². The second kappa shape index (κ2) is 6.02. The molecule has 1 aromatic carbocycles. The van der Waals surface area contributed by atoms with Gasteiger partial charge in [0, 0.05) is 31.4 Å². The summed E-state index contributed by atoms with van der Waals surface area (Å²) in [4.78, 5) is 13.9. The van der Waals surface area contributed by atoms with Gasteiger partial charge < -0.3 is 15.5 Å². The van der Waals surface area contributed by atoms with Crippen molar-refractivity contribution in [3.05, 3.63) is 29.6 Å². The van der Waals surface area contributed by atoms with E-state index in [1.54, 1.807) is 20.2 Å². The molecule has 0 saturated carbocycles. The maximum absolute atomic E-state index is 13.9. The van der Waals surface area contributed by atoms with Crippen molar-refractivity contribution in [2.75, 3.05) is 25.5 Å². The Morgan fingerprint density at radius 3 is 2.95 bits per heavy atom. The highest BCUT2D eigenvalue weighted by Crippen LogP contribution is 2.30. The van der Waals surface area contributed by atoms with Crippen LogP contribution < -0.4 is 15.5 Å². The Bertz CT molecular complexity index is 464. The highest BCUT2D eigenvalue weighted by atomic mass is 19.1. The molecule has 2 rings (SSSR count). The lowest BCUT2D eigenvalue weighted by Crippen LogP contribution is -2.42. The first-order valence-electron chi connectivity index (χ1n) is 6.59. The summed E-state index contributed by atoms with van der Waals surface area (Å²) < 4.78 is 13.9. The number of nitrogens with one attached hydrogen (secondary N) is 2. The number of carbonyl (C=O) groups is 1. The Hall–Kier alpha value is -1.62. The zero-order chi connectivity index (χ0) is 13.8. The van der Waals surface area contributed by atoms with E-state index < -0.39 is 0 Å². The van der Waals surface area contributed by atoms with E-state index in [0.717, 1.165) is 25.1 Å². The predicted octanol–water partition coefficient (Wildman–Crippen LogP) is 1.26. The largest absolute Gasteiger partial charge is 0.359 e. The van der Waals surface area contributed by atoms with Crippen LogP contribution in [0.25, 0.3) is 0 Å². The van der Waals surface area contributed by atoms with Gasteiger partial charge >= 0.3 is 0 Å². The van der Waals surface area contributed by atoms with E-state index in [9.17, 15) is 9.18 Å². The van der Waals surface area contributed by atoms with Crippen LogP contribution in [0.3, 0.4) is 0 Å². The lowest BCUT2D eigenvalue weighted by Gasteiger charge is -2.28. The van der Waals surface area contributed by atoms with Crippen LogP contribution in [0.2, 0.25) is 0 Å². The van der Waals surface area contributed by atoms with Crippen molar-refractivity contribution in [2.45, 2.75) is 25.4 Å². The second-order valence-corrected chi connectivity index (χ2v) is 4.73. The van der Waals surface area contributed by atoms with Crippen LogP contribution in [-0.4, -0.2) is 32.6 Å². The number of rotatable bonds is 4. The summed E-state index contributed by atoms with van der Waals surface area (Å²) in [5.74, 6) is -0.230. The maximum atomic E-state index is 13.9. The van der Waals surface area contributed by atoms with E-state index in [-0.39, 0.29) is 17.8 Å². The van der Waals surface area contributed by atoms with Gasteiger partial charge in [-0.1, -0.05) is 6.07 Å². The summed E-state index contributed by atoms with van der Waals surface area (Å²) in [5, 5.41) is 5.66. The number of carbonyl (C=O) groups excluding carboxylic acids is 1. The lowest BCUT2D eigenvalue weighted by atomic mass is 10.1. The summed E-state index contributed by atoms with van der Waals surface area (Å²) in [6.07, 6.45) is 1.77. The molecule has 1 aliphatic heterocycles. The minimum atomic E-state index is -0.227. The Labute approximate surface area is 113 Å². The van der Waals surface area contributed by atoms with Crippen molar-refractivity contribution in [2.24, 2.45) is 0 Å². The molecule has 104 valence electrons. The number of halogens is 1. The number of benzene rings is 1. The molecule has 4 nitrogen and oxygen atoms in total. The second-order valence-electron chi connectivity index (χ2n) is 4.73. The van der Waals surface area contributed by atoms with Crippen LogP contribution in [0.15, 0.2) is 18.2 Å². The van der Waals surface area contributed by atoms with Crippen molar-refractivity contribution in [1.82, 2.24) is 10.6 Å². The predicted molar refractivity (Wildman–Crippen MR) is 73.6 cm³/mol. The van der Waals surface area contributed by atoms with Gasteiger partial charge in [0.25, 0.3) is 0 Å². The number of hydrogen-bond donors (Lipinski definition) is 2. The number of nitrogens with zero attached hydrogens (tertiary/aromatic N) is 1. The van der Waals surface area contributed by atoms with Crippen LogP contribution in [-0.2, 0) is 11.3 Å². The molecule has 1 aliphatic rings. The Kier molecular flexibility index (Phi) is 4.37. The molecule has 19 heavy (non-hydrogen) atoms. The molecule has 0 bridgehead atoms. The van der Waals surface area contributed by atoms with Gasteiger partial charge in [0.05, 0.1) is 0 Å². The smallest absolute Gasteiger partial charge is 0.242 e. The third kappa shape index (κ3) is 2.71. The number of likely N-dealkylation sites (N-methyl/N-ethyl adjacent to an activating group) is 1. The van der Waals surface area contributed by atoms with E-state index in [0.29, 0.717) is 12.1 Å². The van der Waals surface area contributed by atoms with Gasteiger partial charge in [-0.2, -0.15) is 0 Å². The molecule has 1 fully saturated rings. The first-order chi connectivity index (χ1) is 9.19. The van der Waals surface area contributed by atoms with Crippen LogP contribution in [0.4, 0.5) is 10.1 Å². The highest BCUT2D eigenvalue weighted by molar-refractivity contribution is 5.86. The first-order valence-corrected chi connectivity index (χ1v) is 6.59. The molecule has 1 saturated heterocycles. The minimum Gasteiger partial charge on any atom is -0.359 e. The SMILES string of the molecule is CNCc1c(F)cccc1N1CCCC1C(=O)NC. The average Bonchev–Trinajstić information content (AvgIpc) is 2.89. The molecule has 0 radical (unpaired) electrons. The summed E-state index contributed by atoms with van der Waals surface area (Å²) >= 11 is 0. The Balaban J connectivity index is 2.35. The molecule has 1 amide bonds. The van der Waals surface area contributed by atoms with E-state index in [4.69, 9.17) is 0 Å². The van der Waals surface area contributed by atoms with Crippen molar-refractivity contribution in [1.29, 1.82) is 0 Å². The Morgan fingerprint density at radius 2 is 2.26 bits per heavy atom. The van der Waals surface area contributed by atoms with Gasteiger partial charge in [0.1, 0.15) is 11.9 Å². The molecule has 0 aromatic heterocycles. The number of amides is 1. The van der Waals surface area contributed by atoms with Crippen LogP contribution in [0.1, 0.15) is 18.4 Å². The van der Waals surface area contributed by atoms with Crippen LogP contribution in [0, 0.1) is 5.82 Å². The fourth-order valence-electron chi connectivity index (χ4n) is 2.66. The van der Waals surface area contributed by atoms with E-state index in [1.807, 2.05) is 11.0 Å². The quantitative estimate of drug-likeness (QED) is 0.861. The third-order valence-electron chi connectivity index (χ3n) is 3.56. The molecule has 1 aromatic rings. The zero-order valence-electron chi connectivity index (χ0n) is 11.4. The van der Waals surface area contributed by atoms with Crippen LogP contribution in [0.5, 0.6) is 0 Å². The molecule has 1 atom stereocenters. The molecule has 0 spiro atoms. The van der Waals surface area contributed by atoms with Gasteiger partial charge in [-0.3, -0.25) is 4.79 Å². The van der Waals surface area contributed by atoms with Crippen LogP contribution >= 0.6 is 0 Å². The normalized spacial score (nSPS) is 18.7. The summed E-state index contributed by atoms with van der Waals surface area (Å²) in [5.41, 5.74) is 1.45. The number of hydrogen-bond acceptors (Lipinski definition) is 3. The third-order valence-corrected chi connectivity index (χ3v) is 3.56. The molecule has 1 heterocycles. The molecule has 2 N–H and O–H groups in total. The molecule has 5 heteroatoms. The molecular formula is C14H20FN3O. The van der Waals surface area contributed by atoms with Crippen molar-refractivity contribution < 1.29 is 9.18 Å². The lowest BCUT2D eigenvalue weighted by molar-refractivity contribution is -0.121. The van der Waals surface area contributed by atoms with Gasteiger partial charge in [-0.15, -0.1) is 0 Å². The first kappa shape index (κ1) is 13.8. The Morgan fingerprint density at radius 1 is 1.47 bits per heavy atom. The monoisotopic (exact) mass is 265 g/mol. The van der Waals surface area contributed by atoms with Gasteiger partial charge in [-0.05, 0) is 32.0 Å². The standard InChI is InChI=1S/C14H20FN3O/c1-16-9-10-11(15)5-3-6-12(10)18-8-4-7-13(18)14(19)17-2/h3,5-6,13,16H,4,7-9H2,1-2H3,(H,17,19). The topological polar surface area (TPSA) is 44.4 Å². The fourth-order valence-corrected chi connectivity index (χ4v) is 2.66. The van der Waals surface area contributed by atoms with E-state index in [2.05, 4.69) is 10.6 Å². The fraction of sp³-hybridized carbons (Fsp3) is 0.500. The average molecular weight is 265 g/mol. The van der Waals surface area contributed by atoms with Crippen molar-refractivity contribution in [3.63, 3.8) is 0 Å². The maximum Gasteiger partial charge on any atom is 0.242 e. The molecule has 1 unspecified atom stereocenters.